The Balaban J connectivity index is 1.42. The average Bonchev–Trinajstić information content (AvgIpc) is 2.76. The summed E-state index contributed by atoms with van der Waals surface area (Å²) in [5, 5.41) is 3.04. The number of fused-ring (bicyclic) bond motifs is 4. The molecule has 2 fully saturated rings. The van der Waals surface area contributed by atoms with Crippen molar-refractivity contribution < 1.29 is 14.6 Å². The van der Waals surface area contributed by atoms with Crippen LogP contribution in [0.1, 0.15) is 41.4 Å². The van der Waals surface area contributed by atoms with Crippen LogP contribution >= 0.6 is 0 Å². The first kappa shape index (κ1) is 19.5. The molecule has 5 rings (SSSR count). The third-order valence-electron chi connectivity index (χ3n) is 7.29. The predicted octanol–water partition coefficient (Wildman–Crippen LogP) is -0.825. The zero-order valence-corrected chi connectivity index (χ0v) is 17.6. The summed E-state index contributed by atoms with van der Waals surface area (Å²) in [6, 6.07) is 9.41. The van der Waals surface area contributed by atoms with Gasteiger partial charge in [0.15, 0.2) is 0 Å². The van der Waals surface area contributed by atoms with Crippen molar-refractivity contribution in [2.45, 2.75) is 37.8 Å². The van der Waals surface area contributed by atoms with Gasteiger partial charge in [-0.15, -0.1) is 0 Å². The highest BCUT2D eigenvalue weighted by molar-refractivity contribution is 6.03. The van der Waals surface area contributed by atoms with Crippen molar-refractivity contribution in [1.82, 2.24) is 9.55 Å². The Morgan fingerprint density at radius 3 is 2.77 bits per heavy atom. The van der Waals surface area contributed by atoms with E-state index in [1.165, 1.54) is 25.9 Å². The van der Waals surface area contributed by atoms with Gasteiger partial charge in [-0.2, -0.15) is 0 Å². The van der Waals surface area contributed by atoms with Gasteiger partial charge in [-0.05, 0) is 24.6 Å². The van der Waals surface area contributed by atoms with E-state index in [4.69, 9.17) is 0 Å². The van der Waals surface area contributed by atoms with Crippen molar-refractivity contribution in [2.24, 2.45) is 5.92 Å². The standard InChI is InChI=1S/C23H29N5O2/c1-26-10-7-18(8-11-26)27-13-16-12-17(15-27)22-19(5-6-21(29)28(22)14-16)25-23(30)20-4-2-3-9-24-20/h2-6,9,16-18H,7-8,10-15H2,1H3,(H,25,30)/p+2/t16-,17+/m0/s1. The maximum Gasteiger partial charge on any atom is 0.274 e. The number of hydrogen-bond donors (Lipinski definition) is 3. The van der Waals surface area contributed by atoms with Gasteiger partial charge in [0.2, 0.25) is 0 Å². The molecule has 3 atom stereocenters. The molecule has 5 heterocycles. The van der Waals surface area contributed by atoms with E-state index in [2.05, 4.69) is 17.3 Å². The number of piperidine rings is 2. The second kappa shape index (κ2) is 7.96. The average molecular weight is 410 g/mol. The molecule has 30 heavy (non-hydrogen) atoms. The van der Waals surface area contributed by atoms with Gasteiger partial charge in [0.05, 0.1) is 56.6 Å². The van der Waals surface area contributed by atoms with Crippen LogP contribution in [0.5, 0.6) is 0 Å². The molecule has 3 aliphatic heterocycles. The molecular weight excluding hydrogens is 378 g/mol. The minimum atomic E-state index is -0.225. The van der Waals surface area contributed by atoms with Crippen molar-refractivity contribution in [2.75, 3.05) is 38.5 Å². The Labute approximate surface area is 176 Å². The SMILES string of the molecule is C[NH+]1CCC([NH+]2C[C@@H]3C[C@H](C2)c2c(NC(=O)c4ccccn4)ccc(=O)n2C3)CC1. The van der Waals surface area contributed by atoms with Crippen LogP contribution in [0, 0.1) is 5.92 Å². The molecule has 0 aliphatic carbocycles. The highest BCUT2D eigenvalue weighted by atomic mass is 16.2. The predicted molar refractivity (Wildman–Crippen MR) is 114 cm³/mol. The first-order chi connectivity index (χ1) is 14.6. The fraction of sp³-hybridized carbons (Fsp3) is 0.522. The van der Waals surface area contributed by atoms with Crippen molar-refractivity contribution >= 4 is 11.6 Å². The number of pyridine rings is 2. The number of anilines is 1. The van der Waals surface area contributed by atoms with E-state index in [0.29, 0.717) is 17.5 Å². The van der Waals surface area contributed by atoms with Crippen LogP contribution in [0.2, 0.25) is 0 Å². The van der Waals surface area contributed by atoms with Gasteiger partial charge in [-0.3, -0.25) is 14.6 Å². The second-order valence-corrected chi connectivity index (χ2v) is 9.35. The van der Waals surface area contributed by atoms with Gasteiger partial charge in [-0.25, -0.2) is 0 Å². The largest absolute Gasteiger partial charge is 0.337 e. The summed E-state index contributed by atoms with van der Waals surface area (Å²) >= 11 is 0. The van der Waals surface area contributed by atoms with E-state index < -0.39 is 0 Å². The smallest absolute Gasteiger partial charge is 0.274 e. The Morgan fingerprint density at radius 2 is 2.00 bits per heavy atom. The third kappa shape index (κ3) is 3.68. The fourth-order valence-corrected chi connectivity index (χ4v) is 5.81. The van der Waals surface area contributed by atoms with Crippen LogP contribution in [0.4, 0.5) is 5.69 Å². The molecule has 0 saturated carbocycles. The summed E-state index contributed by atoms with van der Waals surface area (Å²) in [4.78, 5) is 32.9. The Morgan fingerprint density at radius 1 is 1.17 bits per heavy atom. The molecule has 2 aromatic rings. The minimum Gasteiger partial charge on any atom is -0.337 e. The number of hydrogen-bond acceptors (Lipinski definition) is 3. The zero-order chi connectivity index (χ0) is 20.7. The van der Waals surface area contributed by atoms with E-state index in [-0.39, 0.29) is 11.5 Å². The lowest BCUT2D eigenvalue weighted by Gasteiger charge is -2.44. The molecular formula is C23H31N5O2+2. The third-order valence-corrected chi connectivity index (χ3v) is 7.29. The van der Waals surface area contributed by atoms with E-state index in [9.17, 15) is 9.59 Å². The van der Waals surface area contributed by atoms with Crippen LogP contribution in [0.25, 0.3) is 0 Å². The Bertz CT molecular complexity index is 981. The number of aromatic nitrogens is 2. The molecule has 7 nitrogen and oxygen atoms in total. The van der Waals surface area contributed by atoms with E-state index in [1.54, 1.807) is 40.3 Å². The highest BCUT2D eigenvalue weighted by Gasteiger charge is 2.42. The molecule has 0 spiro atoms. The van der Waals surface area contributed by atoms with E-state index in [1.807, 2.05) is 10.6 Å². The van der Waals surface area contributed by atoms with Gasteiger partial charge in [0, 0.05) is 37.6 Å². The molecule has 2 saturated heterocycles. The van der Waals surface area contributed by atoms with Crippen LogP contribution < -0.4 is 20.7 Å². The quantitative estimate of drug-likeness (QED) is 0.620. The van der Waals surface area contributed by atoms with Gasteiger partial charge in [0.25, 0.3) is 11.5 Å². The monoisotopic (exact) mass is 409 g/mol. The summed E-state index contributed by atoms with van der Waals surface area (Å²) in [5.41, 5.74) is 2.21. The van der Waals surface area contributed by atoms with Crippen molar-refractivity contribution in [3.8, 4) is 0 Å². The molecule has 2 aromatic heterocycles. The van der Waals surface area contributed by atoms with Crippen molar-refractivity contribution in [3.05, 3.63) is 58.3 Å². The maximum absolute atomic E-state index is 12.7. The van der Waals surface area contributed by atoms with Crippen LogP contribution in [-0.2, 0) is 6.54 Å². The maximum atomic E-state index is 12.7. The number of amides is 1. The normalized spacial score (nSPS) is 30.4. The topological polar surface area (TPSA) is 72.9 Å². The first-order valence-electron chi connectivity index (χ1n) is 11.2. The number of nitrogens with one attached hydrogen (secondary N) is 3. The van der Waals surface area contributed by atoms with Crippen LogP contribution in [-0.4, -0.2) is 54.7 Å². The molecule has 1 unspecified atom stereocenters. The molecule has 3 aliphatic rings. The van der Waals surface area contributed by atoms with Gasteiger partial charge < -0.3 is 19.7 Å². The van der Waals surface area contributed by atoms with Crippen LogP contribution in [0.3, 0.4) is 0 Å². The summed E-state index contributed by atoms with van der Waals surface area (Å²) in [5.74, 6) is 0.627. The lowest BCUT2D eigenvalue weighted by molar-refractivity contribution is -0.959. The van der Waals surface area contributed by atoms with Crippen molar-refractivity contribution in [3.63, 3.8) is 0 Å². The number of quaternary nitrogens is 2. The lowest BCUT2D eigenvalue weighted by atomic mass is 9.81. The van der Waals surface area contributed by atoms with Crippen LogP contribution in [0.15, 0.2) is 41.3 Å². The zero-order valence-electron chi connectivity index (χ0n) is 17.6. The van der Waals surface area contributed by atoms with E-state index in [0.717, 1.165) is 43.5 Å². The summed E-state index contributed by atoms with van der Waals surface area (Å²) in [6.07, 6.45) is 5.30. The minimum absolute atomic E-state index is 0.0434. The summed E-state index contributed by atoms with van der Waals surface area (Å²) in [7, 11) is 2.29. The number of nitrogens with zero attached hydrogens (tertiary/aromatic N) is 2. The lowest BCUT2D eigenvalue weighted by Crippen LogP contribution is -3.21. The van der Waals surface area contributed by atoms with Gasteiger partial charge in [0.1, 0.15) is 5.69 Å². The number of carbonyl (C=O) groups excluding carboxylic acids is 1. The molecule has 158 valence electrons. The van der Waals surface area contributed by atoms with Crippen molar-refractivity contribution in [1.29, 1.82) is 0 Å². The van der Waals surface area contributed by atoms with Gasteiger partial charge in [-0.1, -0.05) is 6.07 Å². The first-order valence-corrected chi connectivity index (χ1v) is 11.2. The summed E-state index contributed by atoms with van der Waals surface area (Å²) in [6.45, 7) is 5.49. The highest BCUT2D eigenvalue weighted by Crippen LogP contribution is 2.35. The molecule has 0 aromatic carbocycles. The van der Waals surface area contributed by atoms with E-state index >= 15 is 0 Å². The molecule has 0 radical (unpaired) electrons. The summed E-state index contributed by atoms with van der Waals surface area (Å²) < 4.78 is 1.92. The Hall–Kier alpha value is -2.51. The van der Waals surface area contributed by atoms with Gasteiger partial charge >= 0.3 is 0 Å². The molecule has 3 N–H and O–H groups in total. The second-order valence-electron chi connectivity index (χ2n) is 9.35. The molecule has 1 amide bonds. The molecule has 7 heteroatoms. The fourth-order valence-electron chi connectivity index (χ4n) is 5.81. The number of rotatable bonds is 3. The number of likely N-dealkylation sites (tertiary alicyclic amines) is 2. The molecule has 2 bridgehead atoms. The Kier molecular flexibility index (Phi) is 5.16. The number of carbonyl (C=O) groups is 1.